The van der Waals surface area contributed by atoms with Gasteiger partial charge in [0.2, 0.25) is 17.7 Å². The number of aromatic nitrogens is 1. The standard InChI is InChI=1S/C26H35N5O7S/c1-39-12-10-19(26(37)38)29-24(35)21-7-4-11-31(21)25(36)20(30-23(34)17(27)8-9-22(32)33)13-15-14-28-18-6-3-2-5-16(15)18/h2-3,5-6,14,17,19-21,28H,4,7-13,27H2,1H3,(H,29,35)(H,30,34)(H,32,33)(H,37,38). The van der Waals surface area contributed by atoms with Gasteiger partial charge in [0.05, 0.1) is 6.04 Å². The number of carboxylic acid groups (broad SMARTS) is 2. The van der Waals surface area contributed by atoms with Gasteiger partial charge in [-0.25, -0.2) is 4.79 Å². The topological polar surface area (TPSA) is 195 Å². The number of rotatable bonds is 14. The fraction of sp³-hybridized carbons (Fsp3) is 0.500. The number of fused-ring (bicyclic) bond motifs is 1. The van der Waals surface area contributed by atoms with Gasteiger partial charge in [-0.1, -0.05) is 18.2 Å². The summed E-state index contributed by atoms with van der Waals surface area (Å²) in [6.45, 7) is 0.269. The van der Waals surface area contributed by atoms with Crippen LogP contribution in [0.1, 0.15) is 37.7 Å². The number of carbonyl (C=O) groups is 5. The highest BCUT2D eigenvalue weighted by atomic mass is 32.2. The molecule has 1 aliphatic rings. The van der Waals surface area contributed by atoms with Crippen LogP contribution in [0, 0.1) is 0 Å². The Morgan fingerprint density at radius 1 is 1.13 bits per heavy atom. The number of carbonyl (C=O) groups excluding carboxylic acids is 3. The number of aromatic amines is 1. The van der Waals surface area contributed by atoms with Crippen LogP contribution >= 0.6 is 11.8 Å². The SMILES string of the molecule is CSCCC(NC(=O)C1CCCN1C(=O)C(Cc1c[nH]c2ccccc12)NC(=O)C(N)CCC(=O)O)C(=O)O. The molecule has 212 valence electrons. The molecule has 1 saturated heterocycles. The lowest BCUT2D eigenvalue weighted by molar-refractivity contribution is -0.145. The molecule has 0 saturated carbocycles. The van der Waals surface area contributed by atoms with E-state index in [1.807, 2.05) is 30.5 Å². The van der Waals surface area contributed by atoms with E-state index in [-0.39, 0.29) is 32.2 Å². The molecular weight excluding hydrogens is 526 g/mol. The molecule has 0 aliphatic carbocycles. The Bertz CT molecular complexity index is 1200. The largest absolute Gasteiger partial charge is 0.481 e. The van der Waals surface area contributed by atoms with Gasteiger partial charge in [-0.15, -0.1) is 0 Å². The number of nitrogens with zero attached hydrogens (tertiary/aromatic N) is 1. The number of nitrogens with one attached hydrogen (secondary N) is 3. The number of likely N-dealkylation sites (tertiary alicyclic amines) is 1. The lowest BCUT2D eigenvalue weighted by Crippen LogP contribution is -2.57. The number of carboxylic acids is 2. The van der Waals surface area contributed by atoms with Crippen molar-refractivity contribution in [3.05, 3.63) is 36.0 Å². The smallest absolute Gasteiger partial charge is 0.326 e. The van der Waals surface area contributed by atoms with Gasteiger partial charge in [0, 0.05) is 36.5 Å². The molecule has 4 atom stereocenters. The van der Waals surface area contributed by atoms with Crippen molar-refractivity contribution in [1.82, 2.24) is 20.5 Å². The number of para-hydroxylation sites is 1. The first kappa shape index (κ1) is 30.0. The molecule has 1 aliphatic heterocycles. The normalized spacial score (nSPS) is 17.4. The average molecular weight is 562 g/mol. The van der Waals surface area contributed by atoms with Crippen molar-refractivity contribution in [2.75, 3.05) is 18.6 Å². The van der Waals surface area contributed by atoms with Crippen molar-refractivity contribution in [3.8, 4) is 0 Å². The molecule has 39 heavy (non-hydrogen) atoms. The first-order valence-corrected chi connectivity index (χ1v) is 14.2. The summed E-state index contributed by atoms with van der Waals surface area (Å²) >= 11 is 1.47. The van der Waals surface area contributed by atoms with Crippen LogP contribution in [0.5, 0.6) is 0 Å². The van der Waals surface area contributed by atoms with Gasteiger partial charge in [-0.3, -0.25) is 19.2 Å². The highest BCUT2D eigenvalue weighted by Gasteiger charge is 2.39. The predicted molar refractivity (Wildman–Crippen MR) is 146 cm³/mol. The van der Waals surface area contributed by atoms with Gasteiger partial charge in [0.25, 0.3) is 0 Å². The van der Waals surface area contributed by atoms with Gasteiger partial charge < -0.3 is 36.5 Å². The number of nitrogens with two attached hydrogens (primary N) is 1. The lowest BCUT2D eigenvalue weighted by Gasteiger charge is -2.30. The van der Waals surface area contributed by atoms with Gasteiger partial charge in [0.1, 0.15) is 18.1 Å². The first-order chi connectivity index (χ1) is 18.6. The van der Waals surface area contributed by atoms with E-state index in [4.69, 9.17) is 10.8 Å². The third kappa shape index (κ3) is 7.96. The van der Waals surface area contributed by atoms with Crippen molar-refractivity contribution in [3.63, 3.8) is 0 Å². The summed E-state index contributed by atoms with van der Waals surface area (Å²) in [5.74, 6) is -3.40. The number of benzene rings is 1. The number of amides is 3. The van der Waals surface area contributed by atoms with E-state index >= 15 is 0 Å². The Labute approximate surface area is 230 Å². The van der Waals surface area contributed by atoms with Crippen LogP contribution in [0.25, 0.3) is 10.9 Å². The molecule has 13 heteroatoms. The molecule has 4 unspecified atom stereocenters. The summed E-state index contributed by atoms with van der Waals surface area (Å²) in [5.41, 5.74) is 7.53. The maximum absolute atomic E-state index is 13.8. The van der Waals surface area contributed by atoms with E-state index in [1.165, 1.54) is 16.7 Å². The molecule has 1 aromatic carbocycles. The van der Waals surface area contributed by atoms with Crippen LogP contribution in [0.15, 0.2) is 30.5 Å². The van der Waals surface area contributed by atoms with Crippen LogP contribution in [0.4, 0.5) is 0 Å². The Morgan fingerprint density at radius 2 is 1.87 bits per heavy atom. The molecule has 1 fully saturated rings. The Morgan fingerprint density at radius 3 is 2.56 bits per heavy atom. The minimum Gasteiger partial charge on any atom is -0.481 e. The van der Waals surface area contributed by atoms with Gasteiger partial charge in [0.15, 0.2) is 0 Å². The molecule has 2 aromatic rings. The maximum atomic E-state index is 13.8. The van der Waals surface area contributed by atoms with E-state index < -0.39 is 53.8 Å². The molecule has 3 rings (SSSR count). The molecule has 7 N–H and O–H groups in total. The molecule has 0 radical (unpaired) electrons. The second-order valence-corrected chi connectivity index (χ2v) is 10.5. The van der Waals surface area contributed by atoms with E-state index in [1.54, 1.807) is 6.20 Å². The third-order valence-corrected chi connectivity index (χ3v) is 7.43. The average Bonchev–Trinajstić information content (AvgIpc) is 3.56. The molecular formula is C26H35N5O7S. The molecule has 12 nitrogen and oxygen atoms in total. The van der Waals surface area contributed by atoms with Crippen molar-refractivity contribution >= 4 is 52.3 Å². The molecule has 0 spiro atoms. The van der Waals surface area contributed by atoms with E-state index in [9.17, 15) is 29.1 Å². The summed E-state index contributed by atoms with van der Waals surface area (Å²) in [7, 11) is 0. The molecule has 0 bridgehead atoms. The van der Waals surface area contributed by atoms with Gasteiger partial charge in [-0.2, -0.15) is 11.8 Å². The van der Waals surface area contributed by atoms with Gasteiger partial charge in [-0.05, 0) is 49.3 Å². The number of aliphatic carboxylic acids is 2. The van der Waals surface area contributed by atoms with Gasteiger partial charge >= 0.3 is 11.9 Å². The zero-order valence-corrected chi connectivity index (χ0v) is 22.5. The summed E-state index contributed by atoms with van der Waals surface area (Å²) in [6.07, 6.45) is 4.44. The highest BCUT2D eigenvalue weighted by Crippen LogP contribution is 2.23. The van der Waals surface area contributed by atoms with Crippen LogP contribution in [0.3, 0.4) is 0 Å². The maximum Gasteiger partial charge on any atom is 0.326 e. The highest BCUT2D eigenvalue weighted by molar-refractivity contribution is 7.98. The quantitative estimate of drug-likeness (QED) is 0.192. The number of thioether (sulfide) groups is 1. The monoisotopic (exact) mass is 561 g/mol. The number of H-pyrrole nitrogens is 1. The predicted octanol–water partition coefficient (Wildman–Crippen LogP) is 0.701. The molecule has 1 aromatic heterocycles. The third-order valence-electron chi connectivity index (χ3n) is 6.78. The Hall–Kier alpha value is -3.58. The van der Waals surface area contributed by atoms with E-state index in [0.717, 1.165) is 16.5 Å². The zero-order chi connectivity index (χ0) is 28.5. The summed E-state index contributed by atoms with van der Waals surface area (Å²) < 4.78 is 0. The first-order valence-electron chi connectivity index (χ1n) is 12.8. The minimum atomic E-state index is -1.15. The Balaban J connectivity index is 1.81. The minimum absolute atomic E-state index is 0.101. The summed E-state index contributed by atoms with van der Waals surface area (Å²) in [5, 5.41) is 24.5. The van der Waals surface area contributed by atoms with Crippen molar-refractivity contribution < 1.29 is 34.2 Å². The Kier molecular flexibility index (Phi) is 10.8. The second-order valence-electron chi connectivity index (χ2n) is 9.53. The van der Waals surface area contributed by atoms with Crippen LogP contribution in [-0.2, 0) is 30.4 Å². The summed E-state index contributed by atoms with van der Waals surface area (Å²) in [4.78, 5) is 66.8. The fourth-order valence-electron chi connectivity index (χ4n) is 4.67. The molecule has 2 heterocycles. The van der Waals surface area contributed by atoms with Crippen LogP contribution in [0.2, 0.25) is 0 Å². The summed E-state index contributed by atoms with van der Waals surface area (Å²) in [6, 6.07) is 3.33. The zero-order valence-electron chi connectivity index (χ0n) is 21.7. The van der Waals surface area contributed by atoms with E-state index in [2.05, 4.69) is 15.6 Å². The van der Waals surface area contributed by atoms with Crippen LogP contribution < -0.4 is 16.4 Å². The van der Waals surface area contributed by atoms with Crippen molar-refractivity contribution in [1.29, 1.82) is 0 Å². The second kappa shape index (κ2) is 14.0. The van der Waals surface area contributed by atoms with Crippen molar-refractivity contribution in [2.45, 2.75) is 62.7 Å². The van der Waals surface area contributed by atoms with Crippen LogP contribution in [-0.4, -0.2) is 92.5 Å². The van der Waals surface area contributed by atoms with Crippen molar-refractivity contribution in [2.24, 2.45) is 5.73 Å². The number of hydrogen-bond acceptors (Lipinski definition) is 7. The lowest BCUT2D eigenvalue weighted by atomic mass is 10.0. The molecule has 3 amide bonds. The van der Waals surface area contributed by atoms with E-state index in [0.29, 0.717) is 18.6 Å². The number of hydrogen-bond donors (Lipinski definition) is 6. The fourth-order valence-corrected chi connectivity index (χ4v) is 5.14.